The maximum Gasteiger partial charge on any atom is 0.261 e. The molecule has 1 amide bonds. The van der Waals surface area contributed by atoms with Crippen LogP contribution in [-0.4, -0.2) is 55.4 Å². The number of hydrogen-bond acceptors (Lipinski definition) is 7. The Hall–Kier alpha value is -3.55. The number of piperidine rings is 1. The number of para-hydroxylation sites is 2. The van der Waals surface area contributed by atoms with Gasteiger partial charge in [-0.3, -0.25) is 4.79 Å². The SMILES string of the molecule is COc1ccccc1-c1nc([C@@H]2CCCN(C(=O)c3cccc(OC)c3OC)C2)no1. The molecule has 1 fully saturated rings. The van der Waals surface area contributed by atoms with Gasteiger partial charge in [-0.25, -0.2) is 0 Å². The van der Waals surface area contributed by atoms with Crippen LogP contribution in [0, 0.1) is 0 Å². The van der Waals surface area contributed by atoms with Gasteiger partial charge in [-0.1, -0.05) is 23.4 Å². The van der Waals surface area contributed by atoms with Gasteiger partial charge < -0.3 is 23.6 Å². The number of carbonyl (C=O) groups excluding carboxylic acids is 1. The maximum absolute atomic E-state index is 13.2. The van der Waals surface area contributed by atoms with Gasteiger partial charge in [0.2, 0.25) is 0 Å². The number of nitrogens with zero attached hydrogens (tertiary/aromatic N) is 3. The summed E-state index contributed by atoms with van der Waals surface area (Å²) in [7, 11) is 4.69. The third-order valence-electron chi connectivity index (χ3n) is 5.49. The predicted octanol–water partition coefficient (Wildman–Crippen LogP) is 3.78. The van der Waals surface area contributed by atoms with Crippen LogP contribution < -0.4 is 14.2 Å². The van der Waals surface area contributed by atoms with Gasteiger partial charge in [0.25, 0.3) is 11.8 Å². The molecule has 0 unspecified atom stereocenters. The number of likely N-dealkylation sites (tertiary alicyclic amines) is 1. The van der Waals surface area contributed by atoms with Gasteiger partial charge >= 0.3 is 0 Å². The average Bonchev–Trinajstić information content (AvgIpc) is 3.33. The molecule has 1 aromatic heterocycles. The van der Waals surface area contributed by atoms with Gasteiger partial charge in [0, 0.05) is 19.0 Å². The Morgan fingerprint density at radius 3 is 2.58 bits per heavy atom. The number of rotatable bonds is 6. The van der Waals surface area contributed by atoms with Crippen LogP contribution in [0.3, 0.4) is 0 Å². The molecule has 0 saturated carbocycles. The molecule has 162 valence electrons. The summed E-state index contributed by atoms with van der Waals surface area (Å²) in [5.74, 6) is 2.52. The fraction of sp³-hybridized carbons (Fsp3) is 0.348. The van der Waals surface area contributed by atoms with Crippen molar-refractivity contribution in [3.05, 3.63) is 53.9 Å². The monoisotopic (exact) mass is 423 g/mol. The zero-order valence-electron chi connectivity index (χ0n) is 17.8. The number of carbonyl (C=O) groups is 1. The molecule has 3 aromatic rings. The standard InChI is InChI=1S/C23H25N3O5/c1-28-18-11-5-4-9-16(18)22-24-21(25-31-22)15-8-7-13-26(14-15)23(27)17-10-6-12-19(29-2)20(17)30-3/h4-6,9-12,15H,7-8,13-14H2,1-3H3/t15-/m1/s1. The Morgan fingerprint density at radius 2 is 1.81 bits per heavy atom. The molecule has 0 aliphatic carbocycles. The average molecular weight is 423 g/mol. The predicted molar refractivity (Wildman–Crippen MR) is 114 cm³/mol. The largest absolute Gasteiger partial charge is 0.496 e. The fourth-order valence-electron chi connectivity index (χ4n) is 3.93. The lowest BCUT2D eigenvalue weighted by Gasteiger charge is -2.31. The lowest BCUT2D eigenvalue weighted by Crippen LogP contribution is -2.39. The van der Waals surface area contributed by atoms with E-state index in [0.717, 1.165) is 18.4 Å². The summed E-state index contributed by atoms with van der Waals surface area (Å²) < 4.78 is 21.7. The van der Waals surface area contributed by atoms with E-state index in [1.807, 2.05) is 29.2 Å². The van der Waals surface area contributed by atoms with E-state index in [-0.39, 0.29) is 11.8 Å². The maximum atomic E-state index is 13.2. The second kappa shape index (κ2) is 9.07. The molecule has 4 rings (SSSR count). The molecule has 1 atom stereocenters. The van der Waals surface area contributed by atoms with Gasteiger partial charge in [0.15, 0.2) is 17.3 Å². The summed E-state index contributed by atoms with van der Waals surface area (Å²) in [6, 6.07) is 12.8. The third kappa shape index (κ3) is 4.05. The highest BCUT2D eigenvalue weighted by molar-refractivity contribution is 5.98. The highest BCUT2D eigenvalue weighted by Crippen LogP contribution is 2.34. The minimum Gasteiger partial charge on any atom is -0.496 e. The molecule has 2 aromatic carbocycles. The highest BCUT2D eigenvalue weighted by atomic mass is 16.5. The van der Waals surface area contributed by atoms with Crippen LogP contribution in [0.5, 0.6) is 17.2 Å². The first-order valence-electron chi connectivity index (χ1n) is 10.1. The van der Waals surface area contributed by atoms with Gasteiger partial charge in [-0.2, -0.15) is 4.98 Å². The van der Waals surface area contributed by atoms with Crippen LogP contribution in [0.1, 0.15) is 34.9 Å². The fourth-order valence-corrected chi connectivity index (χ4v) is 3.93. The number of methoxy groups -OCH3 is 3. The van der Waals surface area contributed by atoms with Crippen molar-refractivity contribution in [3.63, 3.8) is 0 Å². The Bertz CT molecular complexity index is 1060. The van der Waals surface area contributed by atoms with Crippen LogP contribution >= 0.6 is 0 Å². The van der Waals surface area contributed by atoms with Crippen molar-refractivity contribution in [1.82, 2.24) is 15.0 Å². The van der Waals surface area contributed by atoms with Crippen molar-refractivity contribution in [1.29, 1.82) is 0 Å². The first-order valence-corrected chi connectivity index (χ1v) is 10.1. The van der Waals surface area contributed by atoms with E-state index in [4.69, 9.17) is 18.7 Å². The third-order valence-corrected chi connectivity index (χ3v) is 5.49. The number of ether oxygens (including phenoxy) is 3. The first kappa shape index (κ1) is 20.7. The molecule has 8 heteroatoms. The molecule has 0 radical (unpaired) electrons. The Balaban J connectivity index is 1.55. The van der Waals surface area contributed by atoms with Crippen molar-refractivity contribution in [2.45, 2.75) is 18.8 Å². The van der Waals surface area contributed by atoms with Crippen molar-refractivity contribution < 1.29 is 23.5 Å². The molecular formula is C23H25N3O5. The van der Waals surface area contributed by atoms with Crippen LogP contribution in [0.4, 0.5) is 0 Å². The quantitative estimate of drug-likeness (QED) is 0.596. The summed E-state index contributed by atoms with van der Waals surface area (Å²) in [5, 5.41) is 4.19. The summed E-state index contributed by atoms with van der Waals surface area (Å²) in [6.45, 7) is 1.16. The van der Waals surface area contributed by atoms with Gasteiger partial charge in [-0.15, -0.1) is 0 Å². The van der Waals surface area contributed by atoms with E-state index in [0.29, 0.717) is 47.6 Å². The second-order valence-electron chi connectivity index (χ2n) is 7.29. The molecule has 31 heavy (non-hydrogen) atoms. The van der Waals surface area contributed by atoms with E-state index >= 15 is 0 Å². The minimum absolute atomic E-state index is 0.0125. The molecule has 2 heterocycles. The van der Waals surface area contributed by atoms with Crippen LogP contribution in [-0.2, 0) is 0 Å². The van der Waals surface area contributed by atoms with E-state index in [2.05, 4.69) is 10.1 Å². The minimum atomic E-state index is -0.103. The summed E-state index contributed by atoms with van der Waals surface area (Å²) in [5.41, 5.74) is 1.22. The van der Waals surface area contributed by atoms with E-state index in [1.165, 1.54) is 7.11 Å². The zero-order chi connectivity index (χ0) is 21.8. The number of hydrogen-bond donors (Lipinski definition) is 0. The number of amides is 1. The van der Waals surface area contributed by atoms with Crippen molar-refractivity contribution in [2.75, 3.05) is 34.4 Å². The summed E-state index contributed by atoms with van der Waals surface area (Å²) >= 11 is 0. The smallest absolute Gasteiger partial charge is 0.261 e. The van der Waals surface area contributed by atoms with Gasteiger partial charge in [0.1, 0.15) is 5.75 Å². The normalized spacial score (nSPS) is 16.1. The van der Waals surface area contributed by atoms with Gasteiger partial charge in [0.05, 0.1) is 32.5 Å². The lowest BCUT2D eigenvalue weighted by molar-refractivity contribution is 0.0699. The molecule has 1 saturated heterocycles. The number of benzene rings is 2. The van der Waals surface area contributed by atoms with E-state index in [9.17, 15) is 4.79 Å². The second-order valence-corrected chi connectivity index (χ2v) is 7.29. The molecular weight excluding hydrogens is 398 g/mol. The molecule has 0 N–H and O–H groups in total. The Labute approximate surface area is 180 Å². The Morgan fingerprint density at radius 1 is 1.03 bits per heavy atom. The Kier molecular flexibility index (Phi) is 6.06. The molecule has 0 spiro atoms. The molecule has 0 bridgehead atoms. The molecule has 8 nitrogen and oxygen atoms in total. The lowest BCUT2D eigenvalue weighted by atomic mass is 9.96. The van der Waals surface area contributed by atoms with Crippen LogP contribution in [0.25, 0.3) is 11.5 Å². The topological polar surface area (TPSA) is 86.9 Å². The van der Waals surface area contributed by atoms with Crippen LogP contribution in [0.2, 0.25) is 0 Å². The van der Waals surface area contributed by atoms with E-state index in [1.54, 1.807) is 32.4 Å². The highest BCUT2D eigenvalue weighted by Gasteiger charge is 2.30. The summed E-state index contributed by atoms with van der Waals surface area (Å²) in [6.07, 6.45) is 1.73. The van der Waals surface area contributed by atoms with Crippen LogP contribution in [0.15, 0.2) is 47.0 Å². The molecule has 1 aliphatic rings. The van der Waals surface area contributed by atoms with E-state index < -0.39 is 0 Å². The number of aromatic nitrogens is 2. The van der Waals surface area contributed by atoms with Crippen molar-refractivity contribution in [3.8, 4) is 28.7 Å². The van der Waals surface area contributed by atoms with Crippen molar-refractivity contribution >= 4 is 5.91 Å². The summed E-state index contributed by atoms with van der Waals surface area (Å²) in [4.78, 5) is 19.7. The molecule has 1 aliphatic heterocycles. The van der Waals surface area contributed by atoms with Gasteiger partial charge in [-0.05, 0) is 37.1 Å². The zero-order valence-corrected chi connectivity index (χ0v) is 17.8. The van der Waals surface area contributed by atoms with Crippen molar-refractivity contribution in [2.24, 2.45) is 0 Å². The first-order chi connectivity index (χ1) is 15.2.